The summed E-state index contributed by atoms with van der Waals surface area (Å²) >= 11 is 1.21. The molecule has 9 nitrogen and oxygen atoms in total. The second-order valence-electron chi connectivity index (χ2n) is 6.93. The number of benzene rings is 1. The van der Waals surface area contributed by atoms with Crippen LogP contribution in [0.5, 0.6) is 0 Å². The molecule has 2 aliphatic heterocycles. The standard InChI is InChI=1S/C18H21N3O6S/c1-11(22)28-15-7-16(13-6-17(23)19-8-13)20(9-15)18(24)27-10-12-2-4-14(5-3-12)21(25)26/h2-5,13,15-16H,6-10H2,1H3,(H,19,23)/t13-,15+,16+/m1/s1. The quantitative estimate of drug-likeness (QED) is 0.586. The Kier molecular flexibility index (Phi) is 6.18. The van der Waals surface area contributed by atoms with Crippen molar-refractivity contribution >= 4 is 34.6 Å². The zero-order chi connectivity index (χ0) is 20.3. The molecule has 3 atom stereocenters. The number of carbonyl (C=O) groups is 3. The minimum atomic E-state index is -0.505. The fourth-order valence-electron chi connectivity index (χ4n) is 3.64. The van der Waals surface area contributed by atoms with Crippen molar-refractivity contribution in [2.75, 3.05) is 13.1 Å². The normalized spacial score (nSPS) is 24.1. The smallest absolute Gasteiger partial charge is 0.410 e. The molecule has 0 saturated carbocycles. The first-order valence-electron chi connectivity index (χ1n) is 8.94. The van der Waals surface area contributed by atoms with E-state index in [0.29, 0.717) is 31.5 Å². The van der Waals surface area contributed by atoms with Gasteiger partial charge in [0.15, 0.2) is 5.12 Å². The van der Waals surface area contributed by atoms with E-state index in [1.54, 1.807) is 17.0 Å². The lowest BCUT2D eigenvalue weighted by Gasteiger charge is -2.27. The Morgan fingerprint density at radius 2 is 2.07 bits per heavy atom. The number of ether oxygens (including phenoxy) is 1. The van der Waals surface area contributed by atoms with E-state index < -0.39 is 11.0 Å². The van der Waals surface area contributed by atoms with Crippen LogP contribution in [0.25, 0.3) is 0 Å². The second kappa shape index (κ2) is 8.59. The van der Waals surface area contributed by atoms with Gasteiger partial charge in [-0.15, -0.1) is 0 Å². The Labute approximate surface area is 165 Å². The summed E-state index contributed by atoms with van der Waals surface area (Å²) in [7, 11) is 0. The molecular formula is C18H21N3O6S. The van der Waals surface area contributed by atoms with Crippen LogP contribution in [0, 0.1) is 16.0 Å². The molecule has 2 amide bonds. The van der Waals surface area contributed by atoms with Crippen LogP contribution in [0.4, 0.5) is 10.5 Å². The molecule has 0 radical (unpaired) electrons. The number of amides is 2. The Balaban J connectivity index is 1.63. The number of hydrogen-bond acceptors (Lipinski definition) is 7. The molecule has 0 aliphatic carbocycles. The summed E-state index contributed by atoms with van der Waals surface area (Å²) in [5, 5.41) is 13.5. The van der Waals surface area contributed by atoms with Gasteiger partial charge in [0.25, 0.3) is 5.69 Å². The third-order valence-electron chi connectivity index (χ3n) is 4.93. The number of nitro groups is 1. The molecule has 0 unspecified atom stereocenters. The lowest BCUT2D eigenvalue weighted by Crippen LogP contribution is -2.41. The highest BCUT2D eigenvalue weighted by Crippen LogP contribution is 2.34. The number of rotatable bonds is 5. The van der Waals surface area contributed by atoms with Gasteiger partial charge in [-0.2, -0.15) is 0 Å². The minimum absolute atomic E-state index is 0.00279. The van der Waals surface area contributed by atoms with Crippen molar-refractivity contribution in [2.45, 2.75) is 37.7 Å². The highest BCUT2D eigenvalue weighted by Gasteiger charge is 2.43. The van der Waals surface area contributed by atoms with Gasteiger partial charge < -0.3 is 15.0 Å². The maximum atomic E-state index is 12.7. The summed E-state index contributed by atoms with van der Waals surface area (Å²) in [6.45, 7) is 2.38. The van der Waals surface area contributed by atoms with Gasteiger partial charge in [0, 0.05) is 55.8 Å². The van der Waals surface area contributed by atoms with Gasteiger partial charge in [0.1, 0.15) is 6.61 Å². The third kappa shape index (κ3) is 4.80. The summed E-state index contributed by atoms with van der Waals surface area (Å²) in [6.07, 6.45) is 0.486. The van der Waals surface area contributed by atoms with Crippen LogP contribution in [0.15, 0.2) is 24.3 Å². The average Bonchev–Trinajstić information content (AvgIpc) is 3.25. The van der Waals surface area contributed by atoms with Crippen molar-refractivity contribution < 1.29 is 24.0 Å². The fraction of sp³-hybridized carbons (Fsp3) is 0.500. The zero-order valence-corrected chi connectivity index (χ0v) is 16.1. The van der Waals surface area contributed by atoms with Gasteiger partial charge in [-0.3, -0.25) is 19.7 Å². The van der Waals surface area contributed by atoms with Crippen LogP contribution < -0.4 is 5.32 Å². The number of hydrogen-bond donors (Lipinski definition) is 1. The largest absolute Gasteiger partial charge is 0.445 e. The van der Waals surface area contributed by atoms with Crippen LogP contribution in [0.2, 0.25) is 0 Å². The van der Waals surface area contributed by atoms with E-state index in [1.165, 1.54) is 30.8 Å². The number of non-ortho nitro benzene ring substituents is 1. The molecule has 28 heavy (non-hydrogen) atoms. The van der Waals surface area contributed by atoms with E-state index in [1.807, 2.05) is 0 Å². The van der Waals surface area contributed by atoms with E-state index in [2.05, 4.69) is 5.32 Å². The molecule has 1 N–H and O–H groups in total. The Bertz CT molecular complexity index is 784. The van der Waals surface area contributed by atoms with E-state index in [4.69, 9.17) is 4.74 Å². The van der Waals surface area contributed by atoms with Crippen molar-refractivity contribution in [3.8, 4) is 0 Å². The van der Waals surface area contributed by atoms with Crippen molar-refractivity contribution in [1.82, 2.24) is 10.2 Å². The lowest BCUT2D eigenvalue weighted by atomic mass is 9.97. The predicted octanol–water partition coefficient (Wildman–Crippen LogP) is 2.09. The van der Waals surface area contributed by atoms with Gasteiger partial charge in [0.05, 0.1) is 4.92 Å². The van der Waals surface area contributed by atoms with Crippen molar-refractivity contribution in [3.63, 3.8) is 0 Å². The van der Waals surface area contributed by atoms with E-state index in [-0.39, 0.29) is 40.5 Å². The van der Waals surface area contributed by atoms with Gasteiger partial charge in [-0.25, -0.2) is 4.79 Å². The number of nitrogens with zero attached hydrogens (tertiary/aromatic N) is 2. The van der Waals surface area contributed by atoms with Crippen LogP contribution in [-0.4, -0.2) is 51.3 Å². The lowest BCUT2D eigenvalue weighted by molar-refractivity contribution is -0.384. The molecule has 2 fully saturated rings. The van der Waals surface area contributed by atoms with Gasteiger partial charge in [-0.05, 0) is 24.1 Å². The van der Waals surface area contributed by atoms with Crippen molar-refractivity contribution in [1.29, 1.82) is 0 Å². The first-order chi connectivity index (χ1) is 13.3. The summed E-state index contributed by atoms with van der Waals surface area (Å²) < 4.78 is 5.40. The Morgan fingerprint density at radius 1 is 1.36 bits per heavy atom. The van der Waals surface area contributed by atoms with Crippen LogP contribution in [-0.2, 0) is 20.9 Å². The van der Waals surface area contributed by atoms with Gasteiger partial charge in [0.2, 0.25) is 5.91 Å². The molecule has 0 aromatic heterocycles. The number of nitrogens with one attached hydrogen (secondary N) is 1. The highest BCUT2D eigenvalue weighted by atomic mass is 32.2. The van der Waals surface area contributed by atoms with E-state index in [9.17, 15) is 24.5 Å². The Hall–Kier alpha value is -2.62. The molecule has 2 aliphatic rings. The molecule has 2 saturated heterocycles. The summed E-state index contributed by atoms with van der Waals surface area (Å²) in [5.41, 5.74) is 0.610. The molecule has 2 heterocycles. The average molecular weight is 407 g/mol. The van der Waals surface area contributed by atoms with Crippen LogP contribution in [0.3, 0.4) is 0 Å². The topological polar surface area (TPSA) is 119 Å². The molecular weight excluding hydrogens is 386 g/mol. The van der Waals surface area contributed by atoms with Crippen molar-refractivity contribution in [2.24, 2.45) is 5.92 Å². The highest BCUT2D eigenvalue weighted by molar-refractivity contribution is 8.14. The van der Waals surface area contributed by atoms with Gasteiger partial charge in [-0.1, -0.05) is 11.8 Å². The monoisotopic (exact) mass is 407 g/mol. The number of carbonyl (C=O) groups excluding carboxylic acids is 3. The van der Waals surface area contributed by atoms with E-state index in [0.717, 1.165) is 0 Å². The van der Waals surface area contributed by atoms with Crippen molar-refractivity contribution in [3.05, 3.63) is 39.9 Å². The first kappa shape index (κ1) is 20.1. The van der Waals surface area contributed by atoms with Crippen LogP contribution >= 0.6 is 11.8 Å². The molecule has 3 rings (SSSR count). The summed E-state index contributed by atoms with van der Waals surface area (Å²) in [4.78, 5) is 47.5. The number of nitro benzene ring substituents is 1. The molecule has 150 valence electrons. The SMILES string of the molecule is CC(=O)S[C@H]1C[C@@H]([C@H]2CNC(=O)C2)N(C(=O)OCc2ccc([N+](=O)[O-])cc2)C1. The molecule has 10 heteroatoms. The molecule has 0 spiro atoms. The Morgan fingerprint density at radius 3 is 2.64 bits per heavy atom. The number of likely N-dealkylation sites (tertiary alicyclic amines) is 1. The second-order valence-corrected chi connectivity index (χ2v) is 8.41. The third-order valence-corrected chi connectivity index (χ3v) is 5.94. The first-order valence-corrected chi connectivity index (χ1v) is 9.82. The molecule has 0 bridgehead atoms. The zero-order valence-electron chi connectivity index (χ0n) is 15.3. The van der Waals surface area contributed by atoms with Gasteiger partial charge >= 0.3 is 6.09 Å². The minimum Gasteiger partial charge on any atom is -0.445 e. The fourth-order valence-corrected chi connectivity index (χ4v) is 4.64. The summed E-state index contributed by atoms with van der Waals surface area (Å²) in [6, 6.07) is 5.64. The predicted molar refractivity (Wildman–Crippen MR) is 102 cm³/mol. The maximum Gasteiger partial charge on any atom is 0.410 e. The van der Waals surface area contributed by atoms with E-state index >= 15 is 0 Å². The molecule has 1 aromatic carbocycles. The molecule has 1 aromatic rings. The summed E-state index contributed by atoms with van der Waals surface area (Å²) in [5.74, 6) is -0.0381. The van der Waals surface area contributed by atoms with Crippen LogP contribution in [0.1, 0.15) is 25.3 Å². The maximum absolute atomic E-state index is 12.7. The number of thioether (sulfide) groups is 1.